The van der Waals surface area contributed by atoms with Crippen LogP contribution in [0.1, 0.15) is 31.7 Å². The lowest BCUT2D eigenvalue weighted by Gasteiger charge is -2.25. The number of nitrogens with one attached hydrogen (secondary N) is 1. The van der Waals surface area contributed by atoms with Crippen molar-refractivity contribution in [3.8, 4) is 0 Å². The molecule has 1 fully saturated rings. The predicted molar refractivity (Wildman–Crippen MR) is 81.2 cm³/mol. The molecule has 1 aromatic rings. The second-order valence-electron chi connectivity index (χ2n) is 6.04. The summed E-state index contributed by atoms with van der Waals surface area (Å²) in [7, 11) is 0. The summed E-state index contributed by atoms with van der Waals surface area (Å²) >= 11 is 0. The Labute approximate surface area is 137 Å². The van der Waals surface area contributed by atoms with Gasteiger partial charge in [0, 0.05) is 25.2 Å². The second-order valence-corrected chi connectivity index (χ2v) is 6.04. The third kappa shape index (κ3) is 4.25. The molecule has 0 bridgehead atoms. The van der Waals surface area contributed by atoms with Crippen molar-refractivity contribution in [1.29, 1.82) is 0 Å². The van der Waals surface area contributed by atoms with E-state index in [0.29, 0.717) is 25.5 Å². The highest BCUT2D eigenvalue weighted by Gasteiger charge is 2.50. The zero-order valence-electron chi connectivity index (χ0n) is 13.2. The molecule has 0 aromatic heterocycles. The van der Waals surface area contributed by atoms with Gasteiger partial charge in [-0.25, -0.2) is 0 Å². The number of rotatable bonds is 5. The summed E-state index contributed by atoms with van der Waals surface area (Å²) in [4.78, 5) is 24.9. The van der Waals surface area contributed by atoms with Gasteiger partial charge in [0.15, 0.2) is 5.60 Å². The molecule has 2 N–H and O–H groups in total. The van der Waals surface area contributed by atoms with Crippen LogP contribution in [0.15, 0.2) is 24.3 Å². The van der Waals surface area contributed by atoms with Crippen molar-refractivity contribution in [2.24, 2.45) is 0 Å². The number of amides is 2. The molecular formula is C16H19F3N2O3. The number of aliphatic hydroxyl groups is 1. The van der Waals surface area contributed by atoms with Crippen molar-refractivity contribution in [2.45, 2.75) is 44.5 Å². The normalized spacial score (nSPS) is 17.7. The first kappa shape index (κ1) is 18.3. The number of hydrogen-bond donors (Lipinski definition) is 2. The maximum atomic E-state index is 12.5. The Bertz CT molecular complexity index is 612. The van der Waals surface area contributed by atoms with Crippen molar-refractivity contribution in [3.05, 3.63) is 29.8 Å². The molecular weight excluding hydrogens is 325 g/mol. The molecule has 0 spiro atoms. The van der Waals surface area contributed by atoms with E-state index in [-0.39, 0.29) is 12.5 Å². The van der Waals surface area contributed by atoms with E-state index in [1.165, 1.54) is 0 Å². The van der Waals surface area contributed by atoms with Crippen molar-refractivity contribution >= 4 is 17.5 Å². The summed E-state index contributed by atoms with van der Waals surface area (Å²) < 4.78 is 37.6. The van der Waals surface area contributed by atoms with Gasteiger partial charge in [0.05, 0.1) is 6.42 Å². The zero-order valence-corrected chi connectivity index (χ0v) is 13.2. The molecule has 0 radical (unpaired) electrons. The summed E-state index contributed by atoms with van der Waals surface area (Å²) in [5.74, 6) is -0.832. The monoisotopic (exact) mass is 344 g/mol. The maximum absolute atomic E-state index is 12.5. The Morgan fingerprint density at radius 1 is 1.29 bits per heavy atom. The molecule has 8 heteroatoms. The molecule has 1 saturated heterocycles. The SMILES string of the molecule is C[C@@](O)(CC(=O)NCc1ccc(N2CCCC2=O)cc1)C(F)(F)F. The lowest BCUT2D eigenvalue weighted by Crippen LogP contribution is -2.46. The molecule has 1 aromatic carbocycles. The van der Waals surface area contributed by atoms with E-state index in [9.17, 15) is 27.9 Å². The number of nitrogens with zero attached hydrogens (tertiary/aromatic N) is 1. The number of halogens is 3. The van der Waals surface area contributed by atoms with E-state index in [2.05, 4.69) is 5.32 Å². The van der Waals surface area contributed by atoms with Crippen LogP contribution in [0.25, 0.3) is 0 Å². The smallest absolute Gasteiger partial charge is 0.380 e. The van der Waals surface area contributed by atoms with E-state index in [1.54, 1.807) is 29.2 Å². The standard InChI is InChI=1S/C16H19F3N2O3/c1-15(24,16(17,18)19)9-13(22)20-10-11-4-6-12(7-5-11)21-8-2-3-14(21)23/h4-7,24H,2-3,8-10H2,1H3,(H,20,22)/t15-/m1/s1. The topological polar surface area (TPSA) is 69.6 Å². The molecule has 2 amide bonds. The number of carbonyl (C=O) groups is 2. The van der Waals surface area contributed by atoms with Crippen LogP contribution in [-0.4, -0.2) is 35.2 Å². The van der Waals surface area contributed by atoms with Crippen LogP contribution < -0.4 is 10.2 Å². The summed E-state index contributed by atoms with van der Waals surface area (Å²) in [6.45, 7) is 1.27. The lowest BCUT2D eigenvalue weighted by atomic mass is 10.0. The molecule has 0 saturated carbocycles. The van der Waals surface area contributed by atoms with Crippen LogP contribution in [0.3, 0.4) is 0 Å². The quantitative estimate of drug-likeness (QED) is 0.860. The molecule has 0 aliphatic carbocycles. The molecule has 1 atom stereocenters. The van der Waals surface area contributed by atoms with E-state index < -0.39 is 24.1 Å². The zero-order chi connectivity index (χ0) is 18.0. The first-order valence-corrected chi connectivity index (χ1v) is 7.55. The molecule has 0 unspecified atom stereocenters. The molecule has 1 heterocycles. The minimum Gasteiger partial charge on any atom is -0.380 e. The van der Waals surface area contributed by atoms with E-state index in [0.717, 1.165) is 12.1 Å². The average molecular weight is 344 g/mol. The van der Waals surface area contributed by atoms with Gasteiger partial charge < -0.3 is 15.3 Å². The average Bonchev–Trinajstić information content (AvgIpc) is 2.90. The Kier molecular flexibility index (Phi) is 5.17. The number of anilines is 1. The Morgan fingerprint density at radius 2 is 1.92 bits per heavy atom. The highest BCUT2D eigenvalue weighted by atomic mass is 19.4. The van der Waals surface area contributed by atoms with Gasteiger partial charge in [0.2, 0.25) is 11.8 Å². The van der Waals surface area contributed by atoms with Crippen molar-refractivity contribution in [2.75, 3.05) is 11.4 Å². The van der Waals surface area contributed by atoms with Gasteiger partial charge in [-0.05, 0) is 31.0 Å². The fourth-order valence-electron chi connectivity index (χ4n) is 2.39. The van der Waals surface area contributed by atoms with Crippen LogP contribution in [0, 0.1) is 0 Å². The van der Waals surface area contributed by atoms with Gasteiger partial charge in [0.25, 0.3) is 0 Å². The lowest BCUT2D eigenvalue weighted by molar-refractivity contribution is -0.253. The highest BCUT2D eigenvalue weighted by molar-refractivity contribution is 5.95. The fourth-order valence-corrected chi connectivity index (χ4v) is 2.39. The Hall–Kier alpha value is -2.09. The van der Waals surface area contributed by atoms with Gasteiger partial charge >= 0.3 is 6.18 Å². The summed E-state index contributed by atoms with van der Waals surface area (Å²) in [6, 6.07) is 6.86. The fraction of sp³-hybridized carbons (Fsp3) is 0.500. The molecule has 24 heavy (non-hydrogen) atoms. The van der Waals surface area contributed by atoms with Crippen molar-refractivity contribution < 1.29 is 27.9 Å². The van der Waals surface area contributed by atoms with Gasteiger partial charge in [-0.2, -0.15) is 13.2 Å². The summed E-state index contributed by atoms with van der Waals surface area (Å²) in [5, 5.41) is 11.6. The minimum atomic E-state index is -4.87. The predicted octanol–water partition coefficient (Wildman–Crippen LogP) is 2.13. The molecule has 1 aliphatic heterocycles. The van der Waals surface area contributed by atoms with Gasteiger partial charge in [-0.15, -0.1) is 0 Å². The summed E-state index contributed by atoms with van der Waals surface area (Å²) in [6.07, 6.45) is -4.59. The van der Waals surface area contributed by atoms with Crippen LogP contribution in [-0.2, 0) is 16.1 Å². The van der Waals surface area contributed by atoms with Gasteiger partial charge in [-0.3, -0.25) is 9.59 Å². The van der Waals surface area contributed by atoms with Crippen LogP contribution in [0.4, 0.5) is 18.9 Å². The van der Waals surface area contributed by atoms with Crippen LogP contribution in [0.2, 0.25) is 0 Å². The van der Waals surface area contributed by atoms with Gasteiger partial charge in [-0.1, -0.05) is 12.1 Å². The third-order valence-corrected chi connectivity index (χ3v) is 3.93. The first-order valence-electron chi connectivity index (χ1n) is 7.55. The molecule has 132 valence electrons. The minimum absolute atomic E-state index is 0.0427. The third-order valence-electron chi connectivity index (χ3n) is 3.93. The maximum Gasteiger partial charge on any atom is 0.417 e. The number of hydrogen-bond acceptors (Lipinski definition) is 3. The first-order chi connectivity index (χ1) is 11.1. The highest BCUT2D eigenvalue weighted by Crippen LogP contribution is 2.32. The molecule has 5 nitrogen and oxygen atoms in total. The van der Waals surface area contributed by atoms with E-state index >= 15 is 0 Å². The van der Waals surface area contributed by atoms with Crippen LogP contribution in [0.5, 0.6) is 0 Å². The Morgan fingerprint density at radius 3 is 2.42 bits per heavy atom. The molecule has 1 aliphatic rings. The van der Waals surface area contributed by atoms with E-state index in [1.807, 2.05) is 0 Å². The largest absolute Gasteiger partial charge is 0.417 e. The van der Waals surface area contributed by atoms with Gasteiger partial charge in [0.1, 0.15) is 0 Å². The van der Waals surface area contributed by atoms with Crippen molar-refractivity contribution in [3.63, 3.8) is 0 Å². The number of benzene rings is 1. The van der Waals surface area contributed by atoms with Crippen molar-refractivity contribution in [1.82, 2.24) is 5.32 Å². The Balaban J connectivity index is 1.88. The number of carbonyl (C=O) groups excluding carboxylic acids is 2. The summed E-state index contributed by atoms with van der Waals surface area (Å²) in [5.41, 5.74) is -1.62. The number of alkyl halides is 3. The molecule has 2 rings (SSSR count). The van der Waals surface area contributed by atoms with Crippen LogP contribution >= 0.6 is 0 Å². The second kappa shape index (κ2) is 6.80. The van der Waals surface area contributed by atoms with E-state index in [4.69, 9.17) is 0 Å².